The summed E-state index contributed by atoms with van der Waals surface area (Å²) in [7, 11) is 0. The van der Waals surface area contributed by atoms with Gasteiger partial charge in [-0.2, -0.15) is 5.26 Å². The van der Waals surface area contributed by atoms with E-state index < -0.39 is 0 Å². The smallest absolute Gasteiger partial charge is 0.0991 e. The normalized spacial score (nSPS) is 9.42. The Morgan fingerprint density at radius 3 is 2.92 bits per heavy atom. The molecule has 0 aliphatic rings. The van der Waals surface area contributed by atoms with E-state index in [-0.39, 0.29) is 0 Å². The molecular formula is C11H10N. The highest BCUT2D eigenvalue weighted by Crippen LogP contribution is 2.15. The Morgan fingerprint density at radius 1 is 1.58 bits per heavy atom. The van der Waals surface area contributed by atoms with Crippen LogP contribution in [0.5, 0.6) is 0 Å². The summed E-state index contributed by atoms with van der Waals surface area (Å²) < 4.78 is 0. The first-order chi connectivity index (χ1) is 5.77. The molecule has 0 saturated heterocycles. The van der Waals surface area contributed by atoms with Gasteiger partial charge in [0.05, 0.1) is 11.6 Å². The van der Waals surface area contributed by atoms with Gasteiger partial charge in [0.15, 0.2) is 0 Å². The van der Waals surface area contributed by atoms with Gasteiger partial charge in [-0.1, -0.05) is 25.1 Å². The van der Waals surface area contributed by atoms with Crippen molar-refractivity contribution in [2.24, 2.45) is 0 Å². The number of nitriles is 1. The summed E-state index contributed by atoms with van der Waals surface area (Å²) in [6.45, 7) is 5.65. The SMILES string of the molecule is C=C[C](C)c1cccc(C#N)c1. The van der Waals surface area contributed by atoms with Gasteiger partial charge in [-0.3, -0.25) is 0 Å². The number of hydrogen-bond acceptors (Lipinski definition) is 1. The van der Waals surface area contributed by atoms with Crippen molar-refractivity contribution in [2.45, 2.75) is 6.92 Å². The molecule has 0 amide bonds. The molecule has 0 aliphatic carbocycles. The molecule has 0 saturated carbocycles. The van der Waals surface area contributed by atoms with Crippen LogP contribution in [-0.2, 0) is 0 Å². The summed E-state index contributed by atoms with van der Waals surface area (Å²) in [6.07, 6.45) is 1.79. The highest BCUT2D eigenvalue weighted by Gasteiger charge is 2.01. The highest BCUT2D eigenvalue weighted by molar-refractivity contribution is 5.41. The number of allylic oxidation sites excluding steroid dienone is 1. The molecule has 0 aliphatic heterocycles. The fourth-order valence-corrected chi connectivity index (χ4v) is 0.952. The number of nitrogens with zero attached hydrogens (tertiary/aromatic N) is 1. The molecule has 0 spiro atoms. The minimum absolute atomic E-state index is 0.689. The molecule has 0 unspecified atom stereocenters. The summed E-state index contributed by atoms with van der Waals surface area (Å²) in [5.74, 6) is 1.09. The third kappa shape index (κ3) is 1.73. The van der Waals surface area contributed by atoms with Gasteiger partial charge >= 0.3 is 0 Å². The first kappa shape index (κ1) is 8.55. The molecule has 1 rings (SSSR count). The van der Waals surface area contributed by atoms with E-state index >= 15 is 0 Å². The number of benzene rings is 1. The summed E-state index contributed by atoms with van der Waals surface area (Å²) in [5.41, 5.74) is 1.75. The Hall–Kier alpha value is -1.55. The van der Waals surface area contributed by atoms with Crippen LogP contribution in [0.3, 0.4) is 0 Å². The second-order valence-corrected chi connectivity index (χ2v) is 2.58. The lowest BCUT2D eigenvalue weighted by atomic mass is 10.00. The minimum atomic E-state index is 0.689. The van der Waals surface area contributed by atoms with Gasteiger partial charge in [-0.05, 0) is 17.7 Å². The van der Waals surface area contributed by atoms with Gasteiger partial charge in [-0.15, -0.1) is 6.58 Å². The molecule has 1 aromatic carbocycles. The quantitative estimate of drug-likeness (QED) is 0.645. The number of hydrogen-bond donors (Lipinski definition) is 0. The van der Waals surface area contributed by atoms with E-state index in [9.17, 15) is 0 Å². The van der Waals surface area contributed by atoms with Crippen molar-refractivity contribution in [1.29, 1.82) is 5.26 Å². The molecule has 0 atom stereocenters. The van der Waals surface area contributed by atoms with Crippen molar-refractivity contribution in [2.75, 3.05) is 0 Å². The average molecular weight is 156 g/mol. The maximum Gasteiger partial charge on any atom is 0.0991 e. The first-order valence-corrected chi connectivity index (χ1v) is 3.74. The third-order valence-corrected chi connectivity index (χ3v) is 1.75. The molecule has 0 bridgehead atoms. The predicted octanol–water partition coefficient (Wildman–Crippen LogP) is 2.69. The van der Waals surface area contributed by atoms with E-state index in [1.54, 1.807) is 12.1 Å². The van der Waals surface area contributed by atoms with Crippen molar-refractivity contribution in [3.63, 3.8) is 0 Å². The number of rotatable bonds is 2. The second-order valence-electron chi connectivity index (χ2n) is 2.58. The van der Waals surface area contributed by atoms with Crippen LogP contribution in [0.15, 0.2) is 36.9 Å². The van der Waals surface area contributed by atoms with Crippen molar-refractivity contribution in [3.05, 3.63) is 54.0 Å². The second kappa shape index (κ2) is 3.73. The van der Waals surface area contributed by atoms with E-state index in [1.807, 2.05) is 25.1 Å². The molecule has 1 nitrogen and oxygen atoms in total. The predicted molar refractivity (Wildman–Crippen MR) is 49.4 cm³/mol. The van der Waals surface area contributed by atoms with Gasteiger partial charge in [0, 0.05) is 5.92 Å². The van der Waals surface area contributed by atoms with Gasteiger partial charge in [0.2, 0.25) is 0 Å². The molecule has 59 valence electrons. The van der Waals surface area contributed by atoms with E-state index in [4.69, 9.17) is 5.26 Å². The van der Waals surface area contributed by atoms with Gasteiger partial charge in [0.1, 0.15) is 0 Å². The van der Waals surface area contributed by atoms with Gasteiger partial charge in [-0.25, -0.2) is 0 Å². The maximum atomic E-state index is 8.63. The lowest BCUT2D eigenvalue weighted by Crippen LogP contribution is -1.89. The van der Waals surface area contributed by atoms with Crippen LogP contribution in [0.4, 0.5) is 0 Å². The molecule has 0 heterocycles. The topological polar surface area (TPSA) is 23.8 Å². The van der Waals surface area contributed by atoms with E-state index in [1.165, 1.54) is 0 Å². The van der Waals surface area contributed by atoms with Crippen LogP contribution >= 0.6 is 0 Å². The Morgan fingerprint density at radius 2 is 2.33 bits per heavy atom. The van der Waals surface area contributed by atoms with Gasteiger partial charge < -0.3 is 0 Å². The van der Waals surface area contributed by atoms with Crippen molar-refractivity contribution in [1.82, 2.24) is 0 Å². The lowest BCUT2D eigenvalue weighted by Gasteiger charge is -2.04. The van der Waals surface area contributed by atoms with Crippen LogP contribution in [0.2, 0.25) is 0 Å². The Balaban J connectivity index is 3.03. The van der Waals surface area contributed by atoms with Crippen molar-refractivity contribution >= 4 is 0 Å². The van der Waals surface area contributed by atoms with E-state index in [2.05, 4.69) is 12.6 Å². The third-order valence-electron chi connectivity index (χ3n) is 1.75. The Kier molecular flexibility index (Phi) is 2.66. The van der Waals surface area contributed by atoms with Crippen LogP contribution < -0.4 is 0 Å². The lowest BCUT2D eigenvalue weighted by molar-refractivity contribution is 1.25. The summed E-state index contributed by atoms with van der Waals surface area (Å²) in [6, 6.07) is 9.59. The monoisotopic (exact) mass is 156 g/mol. The zero-order chi connectivity index (χ0) is 8.97. The fraction of sp³-hybridized carbons (Fsp3) is 0.0909. The summed E-state index contributed by atoms with van der Waals surface area (Å²) in [4.78, 5) is 0. The average Bonchev–Trinajstić information content (AvgIpc) is 2.17. The van der Waals surface area contributed by atoms with Crippen LogP contribution in [0.25, 0.3) is 0 Å². The molecular weight excluding hydrogens is 146 g/mol. The van der Waals surface area contributed by atoms with Crippen molar-refractivity contribution in [3.8, 4) is 6.07 Å². The zero-order valence-electron chi connectivity index (χ0n) is 7.04. The minimum Gasteiger partial charge on any atom is -0.192 e. The molecule has 12 heavy (non-hydrogen) atoms. The zero-order valence-corrected chi connectivity index (χ0v) is 7.04. The standard InChI is InChI=1S/C11H10N/c1-3-9(2)11-6-4-5-10(7-11)8-12/h3-7H,1H2,2H3. The van der Waals surface area contributed by atoms with E-state index in [0.717, 1.165) is 11.5 Å². The molecule has 0 aromatic heterocycles. The maximum absolute atomic E-state index is 8.63. The van der Waals surface area contributed by atoms with E-state index in [0.29, 0.717) is 5.56 Å². The molecule has 1 heteroatoms. The Bertz CT molecular complexity index is 320. The Labute approximate surface area is 73.0 Å². The molecule has 0 fully saturated rings. The van der Waals surface area contributed by atoms with Crippen LogP contribution in [0, 0.1) is 17.2 Å². The first-order valence-electron chi connectivity index (χ1n) is 3.74. The summed E-state index contributed by atoms with van der Waals surface area (Å²) in [5, 5.41) is 8.63. The van der Waals surface area contributed by atoms with Crippen LogP contribution in [0.1, 0.15) is 18.1 Å². The van der Waals surface area contributed by atoms with Gasteiger partial charge in [0.25, 0.3) is 0 Å². The van der Waals surface area contributed by atoms with Crippen LogP contribution in [-0.4, -0.2) is 0 Å². The molecule has 0 N–H and O–H groups in total. The largest absolute Gasteiger partial charge is 0.192 e. The molecule has 1 radical (unpaired) electrons. The fourth-order valence-electron chi connectivity index (χ4n) is 0.952. The highest BCUT2D eigenvalue weighted by atomic mass is 14.2. The summed E-state index contributed by atoms with van der Waals surface area (Å²) >= 11 is 0. The van der Waals surface area contributed by atoms with Crippen molar-refractivity contribution < 1.29 is 0 Å². The molecule has 1 aromatic rings.